The molecule has 2 atom stereocenters. The van der Waals surface area contributed by atoms with Crippen LogP contribution in [-0.4, -0.2) is 30.2 Å². The van der Waals surface area contributed by atoms with Crippen LogP contribution in [0.5, 0.6) is 0 Å². The molecule has 140 valence electrons. The SMILES string of the molecule is CC(C)NC(=O)C[C@@H]1CCNC[C@@H]1Cc1cc(-c2ccc(F)cc2)on1. The Morgan fingerprint density at radius 2 is 2.12 bits per heavy atom. The minimum absolute atomic E-state index is 0.115. The van der Waals surface area contributed by atoms with Gasteiger partial charge in [-0.15, -0.1) is 0 Å². The summed E-state index contributed by atoms with van der Waals surface area (Å²) in [7, 11) is 0. The van der Waals surface area contributed by atoms with E-state index in [1.807, 2.05) is 19.9 Å². The Balaban J connectivity index is 1.64. The number of hydrogen-bond acceptors (Lipinski definition) is 4. The predicted octanol–water partition coefficient (Wildman–Crippen LogP) is 3.16. The van der Waals surface area contributed by atoms with Crippen molar-refractivity contribution in [2.45, 2.75) is 39.2 Å². The molecule has 1 aliphatic heterocycles. The molecule has 1 fully saturated rings. The number of nitrogens with one attached hydrogen (secondary N) is 2. The van der Waals surface area contributed by atoms with Crippen LogP contribution in [0.2, 0.25) is 0 Å². The minimum Gasteiger partial charge on any atom is -0.356 e. The first-order valence-corrected chi connectivity index (χ1v) is 9.23. The molecule has 2 aromatic rings. The number of halogens is 1. The van der Waals surface area contributed by atoms with Crippen molar-refractivity contribution < 1.29 is 13.7 Å². The molecule has 0 aliphatic carbocycles. The molecular weight excluding hydrogens is 333 g/mol. The molecule has 0 bridgehead atoms. The fourth-order valence-electron chi connectivity index (χ4n) is 3.53. The lowest BCUT2D eigenvalue weighted by molar-refractivity contribution is -0.123. The standard InChI is InChI=1S/C20H26FN3O2/c1-13(2)23-20(25)10-15-7-8-22-12-16(15)9-18-11-19(26-24-18)14-3-5-17(21)6-4-14/h3-6,11,13,15-16,22H,7-10,12H2,1-2H3,(H,23,25)/t15-,16-/m0/s1. The highest BCUT2D eigenvalue weighted by atomic mass is 19.1. The molecule has 2 N–H and O–H groups in total. The second-order valence-electron chi connectivity index (χ2n) is 7.33. The van der Waals surface area contributed by atoms with Crippen LogP contribution in [-0.2, 0) is 11.2 Å². The highest BCUT2D eigenvalue weighted by molar-refractivity contribution is 5.76. The molecule has 1 aromatic carbocycles. The minimum atomic E-state index is -0.274. The van der Waals surface area contributed by atoms with Gasteiger partial charge in [-0.25, -0.2) is 4.39 Å². The number of carbonyl (C=O) groups is 1. The van der Waals surface area contributed by atoms with Crippen molar-refractivity contribution in [1.29, 1.82) is 0 Å². The van der Waals surface area contributed by atoms with Crippen molar-refractivity contribution in [3.8, 4) is 11.3 Å². The van der Waals surface area contributed by atoms with Gasteiger partial charge in [0.05, 0.1) is 5.69 Å². The normalized spacial score (nSPS) is 20.3. The van der Waals surface area contributed by atoms with E-state index in [0.717, 1.165) is 37.2 Å². The fraction of sp³-hybridized carbons (Fsp3) is 0.500. The molecule has 1 aliphatic rings. The van der Waals surface area contributed by atoms with Gasteiger partial charge in [-0.3, -0.25) is 4.79 Å². The fourth-order valence-corrected chi connectivity index (χ4v) is 3.53. The number of nitrogens with zero attached hydrogens (tertiary/aromatic N) is 1. The Hall–Kier alpha value is -2.21. The number of piperidine rings is 1. The molecule has 0 unspecified atom stereocenters. The summed E-state index contributed by atoms with van der Waals surface area (Å²) in [6.07, 6.45) is 2.30. The molecule has 1 saturated heterocycles. The molecule has 5 nitrogen and oxygen atoms in total. The van der Waals surface area contributed by atoms with Gasteiger partial charge < -0.3 is 15.2 Å². The largest absolute Gasteiger partial charge is 0.356 e. The third kappa shape index (κ3) is 4.91. The van der Waals surface area contributed by atoms with Crippen molar-refractivity contribution in [2.75, 3.05) is 13.1 Å². The first-order chi connectivity index (χ1) is 12.5. The van der Waals surface area contributed by atoms with Crippen LogP contribution in [0.3, 0.4) is 0 Å². The first kappa shape index (κ1) is 18.6. The van der Waals surface area contributed by atoms with Gasteiger partial charge in [-0.1, -0.05) is 5.16 Å². The van der Waals surface area contributed by atoms with E-state index >= 15 is 0 Å². The van der Waals surface area contributed by atoms with Crippen molar-refractivity contribution in [3.63, 3.8) is 0 Å². The van der Waals surface area contributed by atoms with Gasteiger partial charge in [0.15, 0.2) is 5.76 Å². The summed E-state index contributed by atoms with van der Waals surface area (Å²) in [6, 6.07) is 8.25. The van der Waals surface area contributed by atoms with Crippen LogP contribution in [0.1, 0.15) is 32.4 Å². The maximum Gasteiger partial charge on any atom is 0.220 e. The summed E-state index contributed by atoms with van der Waals surface area (Å²) in [5, 5.41) is 10.6. The quantitative estimate of drug-likeness (QED) is 0.831. The predicted molar refractivity (Wildman–Crippen MR) is 98.0 cm³/mol. The average molecular weight is 359 g/mol. The Morgan fingerprint density at radius 3 is 2.85 bits per heavy atom. The Kier molecular flexibility index (Phi) is 6.04. The first-order valence-electron chi connectivity index (χ1n) is 9.23. The molecule has 2 heterocycles. The number of aromatic nitrogens is 1. The average Bonchev–Trinajstić information content (AvgIpc) is 3.05. The number of benzene rings is 1. The third-order valence-electron chi connectivity index (χ3n) is 4.82. The van der Waals surface area contributed by atoms with E-state index in [1.165, 1.54) is 12.1 Å². The number of amides is 1. The molecule has 1 amide bonds. The van der Waals surface area contributed by atoms with Gasteiger partial charge in [-0.2, -0.15) is 0 Å². The molecular formula is C20H26FN3O2. The smallest absolute Gasteiger partial charge is 0.220 e. The molecule has 1 aromatic heterocycles. The van der Waals surface area contributed by atoms with E-state index in [1.54, 1.807) is 12.1 Å². The zero-order valence-corrected chi connectivity index (χ0v) is 15.3. The molecule has 6 heteroatoms. The monoisotopic (exact) mass is 359 g/mol. The number of hydrogen-bond donors (Lipinski definition) is 2. The van der Waals surface area contributed by atoms with Gasteiger partial charge in [-0.05, 0) is 75.9 Å². The molecule has 0 saturated carbocycles. The lowest BCUT2D eigenvalue weighted by Crippen LogP contribution is -2.41. The van der Waals surface area contributed by atoms with E-state index in [2.05, 4.69) is 15.8 Å². The van der Waals surface area contributed by atoms with E-state index in [-0.39, 0.29) is 17.8 Å². The molecule has 0 spiro atoms. The second kappa shape index (κ2) is 8.45. The van der Waals surface area contributed by atoms with Gasteiger partial charge >= 0.3 is 0 Å². The maximum absolute atomic E-state index is 13.1. The lowest BCUT2D eigenvalue weighted by atomic mass is 9.81. The number of carbonyl (C=O) groups excluding carboxylic acids is 1. The van der Waals surface area contributed by atoms with Gasteiger partial charge in [0.1, 0.15) is 5.82 Å². The molecule has 3 rings (SSSR count). The lowest BCUT2D eigenvalue weighted by Gasteiger charge is -2.31. The van der Waals surface area contributed by atoms with Gasteiger partial charge in [0.2, 0.25) is 5.91 Å². The Morgan fingerprint density at radius 1 is 1.35 bits per heavy atom. The summed E-state index contributed by atoms with van der Waals surface area (Å²) in [4.78, 5) is 12.1. The zero-order chi connectivity index (χ0) is 18.5. The Labute approximate surface area is 153 Å². The van der Waals surface area contributed by atoms with E-state index in [4.69, 9.17) is 4.52 Å². The summed E-state index contributed by atoms with van der Waals surface area (Å²) in [6.45, 7) is 5.77. The van der Waals surface area contributed by atoms with Gasteiger partial charge in [0, 0.05) is 24.1 Å². The van der Waals surface area contributed by atoms with Crippen molar-refractivity contribution >= 4 is 5.91 Å². The summed E-state index contributed by atoms with van der Waals surface area (Å²) in [5.41, 5.74) is 1.67. The van der Waals surface area contributed by atoms with Crippen LogP contribution in [0, 0.1) is 17.7 Å². The highest BCUT2D eigenvalue weighted by Gasteiger charge is 2.28. The van der Waals surface area contributed by atoms with E-state index in [9.17, 15) is 9.18 Å². The topological polar surface area (TPSA) is 67.2 Å². The van der Waals surface area contributed by atoms with Crippen molar-refractivity contribution in [3.05, 3.63) is 41.8 Å². The third-order valence-corrected chi connectivity index (χ3v) is 4.82. The zero-order valence-electron chi connectivity index (χ0n) is 15.3. The second-order valence-corrected chi connectivity index (χ2v) is 7.33. The summed E-state index contributed by atoms with van der Waals surface area (Å²) >= 11 is 0. The van der Waals surface area contributed by atoms with E-state index in [0.29, 0.717) is 24.0 Å². The van der Waals surface area contributed by atoms with Crippen LogP contribution < -0.4 is 10.6 Å². The Bertz CT molecular complexity index is 727. The van der Waals surface area contributed by atoms with Crippen LogP contribution >= 0.6 is 0 Å². The van der Waals surface area contributed by atoms with Crippen molar-refractivity contribution in [1.82, 2.24) is 15.8 Å². The van der Waals surface area contributed by atoms with Gasteiger partial charge in [0.25, 0.3) is 0 Å². The number of rotatable bonds is 6. The maximum atomic E-state index is 13.1. The van der Waals surface area contributed by atoms with Crippen LogP contribution in [0.25, 0.3) is 11.3 Å². The van der Waals surface area contributed by atoms with E-state index < -0.39 is 0 Å². The van der Waals surface area contributed by atoms with Crippen LogP contribution in [0.4, 0.5) is 4.39 Å². The summed E-state index contributed by atoms with van der Waals surface area (Å²) < 4.78 is 18.5. The molecule has 0 radical (unpaired) electrons. The molecule has 26 heavy (non-hydrogen) atoms. The van der Waals surface area contributed by atoms with Crippen LogP contribution in [0.15, 0.2) is 34.9 Å². The summed E-state index contributed by atoms with van der Waals surface area (Å²) in [5.74, 6) is 1.15. The van der Waals surface area contributed by atoms with Crippen molar-refractivity contribution in [2.24, 2.45) is 11.8 Å². The highest BCUT2D eigenvalue weighted by Crippen LogP contribution is 2.28.